The summed E-state index contributed by atoms with van der Waals surface area (Å²) in [5.74, 6) is 0. The second kappa shape index (κ2) is 5.53. The molecule has 0 saturated carbocycles. The fraction of sp³-hybridized carbons (Fsp3) is 0.917. The maximum atomic E-state index is 12.1. The monoisotopic (exact) mass is 226 g/mol. The zero-order valence-electron chi connectivity index (χ0n) is 10.2. The Morgan fingerprint density at radius 3 is 2.25 bits per heavy atom. The Balaban J connectivity index is 1.77. The van der Waals surface area contributed by atoms with Gasteiger partial charge < -0.3 is 14.5 Å². The summed E-state index contributed by atoms with van der Waals surface area (Å²) in [5.41, 5.74) is 0. The number of amides is 2. The van der Waals surface area contributed by atoms with Crippen LogP contribution in [0.25, 0.3) is 0 Å². The minimum Gasteiger partial charge on any atom is -0.378 e. The number of carbonyl (C=O) groups excluding carboxylic acids is 1. The van der Waals surface area contributed by atoms with Gasteiger partial charge in [-0.2, -0.15) is 0 Å². The van der Waals surface area contributed by atoms with Gasteiger partial charge in [0.05, 0.1) is 6.10 Å². The molecule has 92 valence electrons. The van der Waals surface area contributed by atoms with Crippen molar-refractivity contribution in [3.05, 3.63) is 0 Å². The van der Waals surface area contributed by atoms with Gasteiger partial charge in [-0.1, -0.05) is 0 Å². The van der Waals surface area contributed by atoms with Crippen molar-refractivity contribution in [3.8, 4) is 0 Å². The van der Waals surface area contributed by atoms with E-state index in [0.29, 0.717) is 6.10 Å². The molecule has 0 aromatic carbocycles. The second-order valence-electron chi connectivity index (χ2n) is 4.62. The van der Waals surface area contributed by atoms with Gasteiger partial charge in [0.2, 0.25) is 0 Å². The van der Waals surface area contributed by atoms with Gasteiger partial charge in [0.25, 0.3) is 0 Å². The minimum absolute atomic E-state index is 0.243. The minimum atomic E-state index is 0.243. The van der Waals surface area contributed by atoms with Gasteiger partial charge >= 0.3 is 6.03 Å². The molecule has 0 aliphatic carbocycles. The fourth-order valence-corrected chi connectivity index (χ4v) is 2.56. The Bertz CT molecular complexity index is 231. The van der Waals surface area contributed by atoms with E-state index in [2.05, 4.69) is 0 Å². The molecule has 0 aromatic rings. The van der Waals surface area contributed by atoms with Crippen LogP contribution in [0.3, 0.4) is 0 Å². The molecular formula is C12H22N2O2. The summed E-state index contributed by atoms with van der Waals surface area (Å²) < 4.78 is 5.58. The van der Waals surface area contributed by atoms with E-state index >= 15 is 0 Å². The molecule has 2 aliphatic rings. The summed E-state index contributed by atoms with van der Waals surface area (Å²) in [5, 5.41) is 0. The Morgan fingerprint density at radius 1 is 1.12 bits per heavy atom. The average Bonchev–Trinajstić information content (AvgIpc) is 2.83. The highest BCUT2D eigenvalue weighted by molar-refractivity contribution is 5.74. The van der Waals surface area contributed by atoms with Crippen LogP contribution < -0.4 is 0 Å². The van der Waals surface area contributed by atoms with Crippen molar-refractivity contribution in [1.29, 1.82) is 0 Å². The van der Waals surface area contributed by atoms with Gasteiger partial charge in [0, 0.05) is 32.8 Å². The van der Waals surface area contributed by atoms with Crippen molar-refractivity contribution in [3.63, 3.8) is 0 Å². The lowest BCUT2D eigenvalue weighted by Crippen LogP contribution is -2.46. The smallest absolute Gasteiger partial charge is 0.320 e. The van der Waals surface area contributed by atoms with Crippen LogP contribution in [0.2, 0.25) is 0 Å². The van der Waals surface area contributed by atoms with Crippen molar-refractivity contribution >= 4 is 6.03 Å². The topological polar surface area (TPSA) is 32.8 Å². The van der Waals surface area contributed by atoms with Crippen LogP contribution in [0.15, 0.2) is 0 Å². The van der Waals surface area contributed by atoms with Crippen LogP contribution in [0, 0.1) is 0 Å². The lowest BCUT2D eigenvalue weighted by Gasteiger charge is -2.34. The number of piperidine rings is 1. The molecule has 2 fully saturated rings. The van der Waals surface area contributed by atoms with E-state index in [1.165, 1.54) is 12.8 Å². The van der Waals surface area contributed by atoms with Gasteiger partial charge in [-0.05, 0) is 32.6 Å². The highest BCUT2D eigenvalue weighted by Crippen LogP contribution is 2.17. The van der Waals surface area contributed by atoms with E-state index in [1.54, 1.807) is 0 Å². The van der Waals surface area contributed by atoms with E-state index in [4.69, 9.17) is 4.74 Å². The molecule has 0 radical (unpaired) electrons. The third-order valence-electron chi connectivity index (χ3n) is 3.49. The van der Waals surface area contributed by atoms with E-state index < -0.39 is 0 Å². The van der Waals surface area contributed by atoms with Crippen LogP contribution in [0.4, 0.5) is 4.79 Å². The summed E-state index contributed by atoms with van der Waals surface area (Å²) in [6.45, 7) is 6.43. The largest absolute Gasteiger partial charge is 0.378 e. The zero-order chi connectivity index (χ0) is 11.4. The van der Waals surface area contributed by atoms with Crippen molar-refractivity contribution in [2.24, 2.45) is 0 Å². The molecule has 4 nitrogen and oxygen atoms in total. The van der Waals surface area contributed by atoms with Gasteiger partial charge in [0.1, 0.15) is 0 Å². The lowest BCUT2D eigenvalue weighted by atomic mass is 10.1. The third kappa shape index (κ3) is 2.67. The molecule has 0 N–H and O–H groups in total. The second-order valence-corrected chi connectivity index (χ2v) is 4.62. The molecule has 2 amide bonds. The van der Waals surface area contributed by atoms with E-state index in [-0.39, 0.29) is 6.03 Å². The molecule has 2 heterocycles. The third-order valence-corrected chi connectivity index (χ3v) is 3.49. The Labute approximate surface area is 97.5 Å². The lowest BCUT2D eigenvalue weighted by molar-refractivity contribution is 0.0191. The van der Waals surface area contributed by atoms with E-state index in [0.717, 1.165) is 45.6 Å². The van der Waals surface area contributed by atoms with Crippen LogP contribution in [0.5, 0.6) is 0 Å². The molecule has 0 unspecified atom stereocenters. The average molecular weight is 226 g/mol. The first-order valence-corrected chi connectivity index (χ1v) is 6.46. The van der Waals surface area contributed by atoms with Crippen LogP contribution in [0.1, 0.15) is 32.6 Å². The number of rotatable bonds is 2. The van der Waals surface area contributed by atoms with Gasteiger partial charge in [-0.15, -0.1) is 0 Å². The summed E-state index contributed by atoms with van der Waals surface area (Å²) in [7, 11) is 0. The first-order chi connectivity index (χ1) is 7.81. The highest BCUT2D eigenvalue weighted by atomic mass is 16.5. The summed E-state index contributed by atoms with van der Waals surface area (Å²) in [4.78, 5) is 16.0. The molecule has 0 bridgehead atoms. The molecule has 0 aromatic heterocycles. The summed E-state index contributed by atoms with van der Waals surface area (Å²) in [6.07, 6.45) is 4.69. The molecule has 2 aliphatic heterocycles. The number of hydrogen-bond acceptors (Lipinski definition) is 2. The molecule has 2 rings (SSSR count). The predicted molar refractivity (Wildman–Crippen MR) is 62.4 cm³/mol. The molecular weight excluding hydrogens is 204 g/mol. The van der Waals surface area contributed by atoms with Gasteiger partial charge in [-0.25, -0.2) is 4.79 Å². The number of likely N-dealkylation sites (tertiary alicyclic amines) is 2. The highest BCUT2D eigenvalue weighted by Gasteiger charge is 2.27. The molecule has 0 spiro atoms. The molecule has 4 heteroatoms. The molecule has 0 atom stereocenters. The van der Waals surface area contributed by atoms with Crippen molar-refractivity contribution < 1.29 is 9.53 Å². The van der Waals surface area contributed by atoms with Gasteiger partial charge in [0.15, 0.2) is 0 Å². The normalized spacial score (nSPS) is 22.8. The predicted octanol–water partition coefficient (Wildman–Crippen LogP) is 1.70. The van der Waals surface area contributed by atoms with Crippen molar-refractivity contribution in [2.75, 3.05) is 32.8 Å². The quantitative estimate of drug-likeness (QED) is 0.718. The first kappa shape index (κ1) is 11.7. The number of hydrogen-bond donors (Lipinski definition) is 0. The maximum absolute atomic E-state index is 12.1. The Hall–Kier alpha value is -0.770. The van der Waals surface area contributed by atoms with Crippen molar-refractivity contribution in [1.82, 2.24) is 9.80 Å². The maximum Gasteiger partial charge on any atom is 0.320 e. The number of nitrogens with zero attached hydrogens (tertiary/aromatic N) is 2. The zero-order valence-corrected chi connectivity index (χ0v) is 10.2. The summed E-state index contributed by atoms with van der Waals surface area (Å²) in [6, 6.07) is 0.243. The summed E-state index contributed by atoms with van der Waals surface area (Å²) >= 11 is 0. The molecule has 2 saturated heterocycles. The van der Waals surface area contributed by atoms with Crippen LogP contribution in [-0.2, 0) is 4.74 Å². The number of ether oxygens (including phenoxy) is 1. The molecule has 16 heavy (non-hydrogen) atoms. The van der Waals surface area contributed by atoms with Crippen LogP contribution in [-0.4, -0.2) is 54.7 Å². The fourth-order valence-electron chi connectivity index (χ4n) is 2.56. The Morgan fingerprint density at radius 2 is 1.69 bits per heavy atom. The van der Waals surface area contributed by atoms with E-state index in [9.17, 15) is 4.79 Å². The standard InChI is InChI=1S/C12H22N2O2/c1-2-16-11-5-9-14(10-6-11)12(15)13-7-3-4-8-13/h11H,2-10H2,1H3. The number of urea groups is 1. The van der Waals surface area contributed by atoms with E-state index in [1.807, 2.05) is 16.7 Å². The van der Waals surface area contributed by atoms with Crippen LogP contribution >= 0.6 is 0 Å². The Kier molecular flexibility index (Phi) is 4.04. The first-order valence-electron chi connectivity index (χ1n) is 6.46. The number of carbonyl (C=O) groups is 1. The SMILES string of the molecule is CCOC1CCN(C(=O)N2CCCC2)CC1. The van der Waals surface area contributed by atoms with Gasteiger partial charge in [-0.3, -0.25) is 0 Å². The van der Waals surface area contributed by atoms with Crippen molar-refractivity contribution in [2.45, 2.75) is 38.7 Å².